The van der Waals surface area contributed by atoms with Crippen molar-refractivity contribution < 1.29 is 4.74 Å². The maximum Gasteiger partial charge on any atom is 0.218 e. The summed E-state index contributed by atoms with van der Waals surface area (Å²) in [6.07, 6.45) is 3.99. The Kier molecular flexibility index (Phi) is 3.64. The van der Waals surface area contributed by atoms with Crippen molar-refractivity contribution in [1.82, 2.24) is 19.7 Å². The zero-order valence-electron chi connectivity index (χ0n) is 12.4. The van der Waals surface area contributed by atoms with Crippen LogP contribution in [-0.4, -0.2) is 39.9 Å². The van der Waals surface area contributed by atoms with Crippen LogP contribution in [0.1, 0.15) is 24.7 Å². The second-order valence-electron chi connectivity index (χ2n) is 5.25. The van der Waals surface area contributed by atoms with E-state index in [2.05, 4.69) is 20.0 Å². The van der Waals surface area contributed by atoms with Crippen LogP contribution in [0.2, 0.25) is 0 Å². The molecule has 1 saturated heterocycles. The molecular weight excluding hydrogens is 268 g/mol. The zero-order chi connectivity index (χ0) is 14.8. The summed E-state index contributed by atoms with van der Waals surface area (Å²) in [5.41, 5.74) is 5.68. The van der Waals surface area contributed by atoms with E-state index in [0.717, 1.165) is 37.6 Å². The van der Waals surface area contributed by atoms with Crippen molar-refractivity contribution in [3.63, 3.8) is 0 Å². The third-order valence-electron chi connectivity index (χ3n) is 3.80. The van der Waals surface area contributed by atoms with Crippen LogP contribution >= 0.6 is 0 Å². The van der Waals surface area contributed by atoms with Crippen LogP contribution in [0.5, 0.6) is 5.88 Å². The third-order valence-corrected chi connectivity index (χ3v) is 3.80. The first kappa shape index (κ1) is 13.7. The maximum absolute atomic E-state index is 5.68. The average Bonchev–Trinajstić information content (AvgIpc) is 2.93. The maximum atomic E-state index is 5.68. The Morgan fingerprint density at radius 3 is 2.67 bits per heavy atom. The highest BCUT2D eigenvalue weighted by molar-refractivity contribution is 5.42. The SMILES string of the molecule is COc1cc(N2CCC(n3ccc(N)n3)CC2)nc(C)n1. The molecule has 0 atom stereocenters. The van der Waals surface area contributed by atoms with Gasteiger partial charge in [0.25, 0.3) is 0 Å². The average molecular weight is 288 g/mol. The molecule has 0 bridgehead atoms. The molecule has 0 saturated carbocycles. The molecule has 1 aliphatic rings. The van der Waals surface area contributed by atoms with Gasteiger partial charge in [0.15, 0.2) is 0 Å². The van der Waals surface area contributed by atoms with Crippen molar-refractivity contribution in [3.05, 3.63) is 24.2 Å². The number of nitrogens with zero attached hydrogens (tertiary/aromatic N) is 5. The number of ether oxygens (including phenoxy) is 1. The Morgan fingerprint density at radius 2 is 2.05 bits per heavy atom. The van der Waals surface area contributed by atoms with E-state index < -0.39 is 0 Å². The zero-order valence-corrected chi connectivity index (χ0v) is 12.4. The largest absolute Gasteiger partial charge is 0.481 e. The molecule has 0 aromatic carbocycles. The van der Waals surface area contributed by atoms with E-state index in [1.165, 1.54) is 0 Å². The lowest BCUT2D eigenvalue weighted by molar-refractivity contribution is 0.365. The molecule has 1 aliphatic heterocycles. The number of rotatable bonds is 3. The second kappa shape index (κ2) is 5.59. The predicted molar refractivity (Wildman–Crippen MR) is 80.4 cm³/mol. The number of hydrogen-bond acceptors (Lipinski definition) is 6. The van der Waals surface area contributed by atoms with Crippen molar-refractivity contribution in [2.45, 2.75) is 25.8 Å². The summed E-state index contributed by atoms with van der Waals surface area (Å²) in [4.78, 5) is 11.0. The highest BCUT2D eigenvalue weighted by Gasteiger charge is 2.22. The van der Waals surface area contributed by atoms with Gasteiger partial charge in [0.1, 0.15) is 17.5 Å². The molecule has 7 nitrogen and oxygen atoms in total. The van der Waals surface area contributed by atoms with Crippen molar-refractivity contribution >= 4 is 11.6 Å². The molecule has 0 unspecified atom stereocenters. The lowest BCUT2D eigenvalue weighted by atomic mass is 10.1. The fourth-order valence-electron chi connectivity index (χ4n) is 2.71. The minimum absolute atomic E-state index is 0.406. The van der Waals surface area contributed by atoms with E-state index in [-0.39, 0.29) is 0 Å². The van der Waals surface area contributed by atoms with E-state index in [1.807, 2.05) is 29.9 Å². The van der Waals surface area contributed by atoms with Crippen molar-refractivity contribution in [2.24, 2.45) is 0 Å². The smallest absolute Gasteiger partial charge is 0.218 e. The Morgan fingerprint density at radius 1 is 1.29 bits per heavy atom. The highest BCUT2D eigenvalue weighted by Crippen LogP contribution is 2.26. The predicted octanol–water partition coefficient (Wildman–Crippen LogP) is 1.41. The van der Waals surface area contributed by atoms with E-state index in [4.69, 9.17) is 10.5 Å². The Bertz CT molecular complexity index is 618. The van der Waals surface area contributed by atoms with Gasteiger partial charge in [-0.05, 0) is 25.8 Å². The fourth-order valence-corrected chi connectivity index (χ4v) is 2.71. The Hall–Kier alpha value is -2.31. The summed E-state index contributed by atoms with van der Waals surface area (Å²) in [7, 11) is 1.62. The summed E-state index contributed by atoms with van der Waals surface area (Å²) < 4.78 is 7.18. The van der Waals surface area contributed by atoms with Crippen molar-refractivity contribution in [3.8, 4) is 5.88 Å². The number of methoxy groups -OCH3 is 1. The van der Waals surface area contributed by atoms with Crippen LogP contribution in [0.15, 0.2) is 18.3 Å². The fraction of sp³-hybridized carbons (Fsp3) is 0.500. The highest BCUT2D eigenvalue weighted by atomic mass is 16.5. The van der Waals surface area contributed by atoms with Crippen molar-refractivity contribution in [2.75, 3.05) is 30.8 Å². The van der Waals surface area contributed by atoms with Gasteiger partial charge in [-0.3, -0.25) is 4.68 Å². The molecule has 1 fully saturated rings. The molecule has 3 heterocycles. The number of piperidine rings is 1. The van der Waals surface area contributed by atoms with Gasteiger partial charge in [0, 0.05) is 25.4 Å². The van der Waals surface area contributed by atoms with Gasteiger partial charge in [-0.1, -0.05) is 0 Å². The third kappa shape index (κ3) is 2.91. The molecule has 0 radical (unpaired) electrons. The second-order valence-corrected chi connectivity index (χ2v) is 5.25. The summed E-state index contributed by atoms with van der Waals surface area (Å²) in [6, 6.07) is 4.13. The number of aromatic nitrogens is 4. The van der Waals surface area contributed by atoms with Gasteiger partial charge in [-0.15, -0.1) is 0 Å². The quantitative estimate of drug-likeness (QED) is 0.919. The number of nitrogen functional groups attached to an aromatic ring is 1. The van der Waals surface area contributed by atoms with Crippen LogP contribution in [0.3, 0.4) is 0 Å². The molecule has 7 heteroatoms. The molecular formula is C14H20N6O. The summed E-state index contributed by atoms with van der Waals surface area (Å²) in [5.74, 6) is 2.84. The lowest BCUT2D eigenvalue weighted by Crippen LogP contribution is -2.35. The first-order valence-electron chi connectivity index (χ1n) is 7.11. The minimum Gasteiger partial charge on any atom is -0.481 e. The summed E-state index contributed by atoms with van der Waals surface area (Å²) in [5, 5.41) is 4.30. The molecule has 0 spiro atoms. The van der Waals surface area contributed by atoms with E-state index in [0.29, 0.717) is 17.7 Å². The van der Waals surface area contributed by atoms with Crippen LogP contribution in [0.4, 0.5) is 11.6 Å². The van der Waals surface area contributed by atoms with E-state index >= 15 is 0 Å². The minimum atomic E-state index is 0.406. The molecule has 112 valence electrons. The topological polar surface area (TPSA) is 82.1 Å². The monoisotopic (exact) mass is 288 g/mol. The first-order valence-corrected chi connectivity index (χ1v) is 7.11. The normalized spacial score (nSPS) is 16.2. The van der Waals surface area contributed by atoms with E-state index in [1.54, 1.807) is 7.11 Å². The molecule has 2 N–H and O–H groups in total. The van der Waals surface area contributed by atoms with Crippen LogP contribution in [0.25, 0.3) is 0 Å². The summed E-state index contributed by atoms with van der Waals surface area (Å²) >= 11 is 0. The van der Waals surface area contributed by atoms with Gasteiger partial charge < -0.3 is 15.4 Å². The van der Waals surface area contributed by atoms with Gasteiger partial charge in [-0.2, -0.15) is 10.1 Å². The molecule has 2 aromatic rings. The lowest BCUT2D eigenvalue weighted by Gasteiger charge is -2.33. The molecule has 3 rings (SSSR count). The van der Waals surface area contributed by atoms with Gasteiger partial charge >= 0.3 is 0 Å². The van der Waals surface area contributed by atoms with Gasteiger partial charge in [0.2, 0.25) is 5.88 Å². The summed E-state index contributed by atoms with van der Waals surface area (Å²) in [6.45, 7) is 3.75. The first-order chi connectivity index (χ1) is 10.2. The van der Waals surface area contributed by atoms with Crippen LogP contribution in [0, 0.1) is 6.92 Å². The number of aryl methyl sites for hydroxylation is 1. The number of nitrogens with two attached hydrogens (primary N) is 1. The Labute approximate surface area is 123 Å². The molecule has 0 aliphatic carbocycles. The molecule has 21 heavy (non-hydrogen) atoms. The van der Waals surface area contributed by atoms with Crippen LogP contribution < -0.4 is 15.4 Å². The Balaban J connectivity index is 1.69. The van der Waals surface area contributed by atoms with Gasteiger partial charge in [0.05, 0.1) is 13.2 Å². The van der Waals surface area contributed by atoms with Crippen molar-refractivity contribution in [1.29, 1.82) is 0 Å². The van der Waals surface area contributed by atoms with E-state index in [9.17, 15) is 0 Å². The van der Waals surface area contributed by atoms with Crippen LogP contribution in [-0.2, 0) is 0 Å². The molecule has 2 aromatic heterocycles. The van der Waals surface area contributed by atoms with Gasteiger partial charge in [-0.25, -0.2) is 4.98 Å². The standard InChI is InChI=1S/C14H20N6O/c1-10-16-13(9-14(17-10)21-2)19-6-3-11(4-7-19)20-8-5-12(15)18-20/h5,8-9,11H,3-4,6-7H2,1-2H3,(H2,15,18). The molecule has 0 amide bonds. The number of hydrogen-bond donors (Lipinski definition) is 1. The number of anilines is 2.